The molecule has 1 aliphatic rings. The van der Waals surface area contributed by atoms with E-state index in [4.69, 9.17) is 4.99 Å². The highest BCUT2D eigenvalue weighted by atomic mass is 32.1. The van der Waals surface area contributed by atoms with E-state index < -0.39 is 0 Å². The number of hydrogen-bond acceptors (Lipinski definition) is 2. The van der Waals surface area contributed by atoms with Crippen molar-refractivity contribution in [2.24, 2.45) is 4.99 Å². The van der Waals surface area contributed by atoms with Crippen LogP contribution in [0.1, 0.15) is 25.6 Å². The Labute approximate surface area is 93.5 Å². The fraction of sp³-hybridized carbons (Fsp3) is 0.308. The summed E-state index contributed by atoms with van der Waals surface area (Å²) in [5.74, 6) is 0. The first-order valence-corrected chi connectivity index (χ1v) is 6.00. The van der Waals surface area contributed by atoms with Gasteiger partial charge in [0.25, 0.3) is 0 Å². The van der Waals surface area contributed by atoms with Crippen LogP contribution >= 0.6 is 11.3 Å². The summed E-state index contributed by atoms with van der Waals surface area (Å²) in [6.07, 6.45) is 0. The molecule has 2 heteroatoms. The lowest BCUT2D eigenvalue weighted by Gasteiger charge is -2.17. The van der Waals surface area contributed by atoms with Gasteiger partial charge in [-0.3, -0.25) is 4.99 Å². The minimum atomic E-state index is 0.124. The average Bonchev–Trinajstić information content (AvgIpc) is 2.66. The second-order valence-corrected chi connectivity index (χ2v) is 5.65. The van der Waals surface area contributed by atoms with Crippen LogP contribution in [0.4, 0.5) is 5.69 Å². The minimum absolute atomic E-state index is 0.124. The van der Waals surface area contributed by atoms with E-state index in [1.165, 1.54) is 26.4 Å². The highest BCUT2D eigenvalue weighted by molar-refractivity contribution is 7.20. The van der Waals surface area contributed by atoms with Crippen molar-refractivity contribution in [2.75, 3.05) is 0 Å². The van der Waals surface area contributed by atoms with E-state index in [2.05, 4.69) is 45.0 Å². The summed E-state index contributed by atoms with van der Waals surface area (Å²) in [7, 11) is 0. The maximum atomic E-state index is 4.72. The normalized spacial score (nSPS) is 17.9. The number of fused-ring (bicyclic) bond motifs is 3. The van der Waals surface area contributed by atoms with Crippen molar-refractivity contribution < 1.29 is 0 Å². The molecule has 76 valence electrons. The van der Waals surface area contributed by atoms with Gasteiger partial charge in [-0.15, -0.1) is 11.3 Å². The average molecular weight is 215 g/mol. The quantitative estimate of drug-likeness (QED) is 0.622. The molecule has 0 N–H and O–H groups in total. The van der Waals surface area contributed by atoms with Crippen LogP contribution in [-0.2, 0) is 5.41 Å². The molecular weight excluding hydrogens is 202 g/mol. The Hall–Kier alpha value is -1.15. The first kappa shape index (κ1) is 9.10. The van der Waals surface area contributed by atoms with Crippen molar-refractivity contribution in [3.63, 3.8) is 0 Å². The summed E-state index contributed by atoms with van der Waals surface area (Å²) in [6, 6.07) is 8.53. The van der Waals surface area contributed by atoms with Crippen LogP contribution in [-0.4, -0.2) is 5.71 Å². The van der Waals surface area contributed by atoms with E-state index in [0.717, 1.165) is 0 Å². The fourth-order valence-corrected chi connectivity index (χ4v) is 3.33. The van der Waals surface area contributed by atoms with Crippen LogP contribution in [0.3, 0.4) is 0 Å². The molecule has 2 aromatic rings. The summed E-state index contributed by atoms with van der Waals surface area (Å²) >= 11 is 1.88. The molecule has 3 rings (SSSR count). The zero-order chi connectivity index (χ0) is 10.6. The fourth-order valence-electron chi connectivity index (χ4n) is 2.04. The lowest BCUT2D eigenvalue weighted by molar-refractivity contribution is 0.749. The smallest absolute Gasteiger partial charge is 0.0856 e. The van der Waals surface area contributed by atoms with Crippen molar-refractivity contribution in [3.8, 4) is 0 Å². The summed E-state index contributed by atoms with van der Waals surface area (Å²) in [6.45, 7) is 6.64. The second-order valence-electron chi connectivity index (χ2n) is 4.60. The van der Waals surface area contributed by atoms with Gasteiger partial charge in [-0.25, -0.2) is 0 Å². The number of rotatable bonds is 0. The molecule has 0 spiro atoms. The summed E-state index contributed by atoms with van der Waals surface area (Å²) in [4.78, 5) is 6.14. The van der Waals surface area contributed by atoms with E-state index in [1.54, 1.807) is 0 Å². The molecule has 15 heavy (non-hydrogen) atoms. The lowest BCUT2D eigenvalue weighted by atomic mass is 9.88. The van der Waals surface area contributed by atoms with Gasteiger partial charge in [-0.1, -0.05) is 18.2 Å². The van der Waals surface area contributed by atoms with Crippen LogP contribution in [0, 0.1) is 0 Å². The Morgan fingerprint density at radius 1 is 1.20 bits per heavy atom. The van der Waals surface area contributed by atoms with E-state index in [1.807, 2.05) is 11.3 Å². The minimum Gasteiger partial charge on any atom is -0.255 e. The maximum absolute atomic E-state index is 4.72. The molecule has 1 aromatic heterocycles. The topological polar surface area (TPSA) is 12.4 Å². The molecule has 2 heterocycles. The van der Waals surface area contributed by atoms with E-state index in [0.29, 0.717) is 0 Å². The Morgan fingerprint density at radius 2 is 1.93 bits per heavy atom. The molecule has 1 aliphatic heterocycles. The number of thiophene rings is 1. The number of benzene rings is 1. The molecule has 0 bridgehead atoms. The molecule has 0 saturated heterocycles. The van der Waals surface area contributed by atoms with Gasteiger partial charge in [0, 0.05) is 26.1 Å². The van der Waals surface area contributed by atoms with Gasteiger partial charge >= 0.3 is 0 Å². The van der Waals surface area contributed by atoms with Gasteiger partial charge in [-0.2, -0.15) is 0 Å². The van der Waals surface area contributed by atoms with E-state index in [9.17, 15) is 0 Å². The first-order chi connectivity index (χ1) is 7.10. The van der Waals surface area contributed by atoms with Crippen LogP contribution in [0.25, 0.3) is 10.1 Å². The molecule has 0 radical (unpaired) electrons. The van der Waals surface area contributed by atoms with Crippen molar-refractivity contribution in [1.29, 1.82) is 0 Å². The Kier molecular flexibility index (Phi) is 1.64. The largest absolute Gasteiger partial charge is 0.255 e. The van der Waals surface area contributed by atoms with Crippen molar-refractivity contribution in [1.82, 2.24) is 0 Å². The van der Waals surface area contributed by atoms with Gasteiger partial charge in [0.15, 0.2) is 0 Å². The van der Waals surface area contributed by atoms with Crippen molar-refractivity contribution >= 4 is 32.8 Å². The van der Waals surface area contributed by atoms with Crippen LogP contribution in [0.5, 0.6) is 0 Å². The van der Waals surface area contributed by atoms with E-state index >= 15 is 0 Å². The monoisotopic (exact) mass is 215 g/mol. The highest BCUT2D eigenvalue weighted by Crippen LogP contribution is 2.49. The maximum Gasteiger partial charge on any atom is 0.0856 e. The zero-order valence-corrected chi connectivity index (χ0v) is 9.98. The standard InChI is InChI=1S/C13H13NS/c1-8-13(2,3)12-11(14-8)9-6-4-5-7-10(9)15-12/h4-7H,1-3H3. The summed E-state index contributed by atoms with van der Waals surface area (Å²) in [5, 5.41) is 1.31. The molecule has 0 atom stereocenters. The van der Waals surface area contributed by atoms with Crippen LogP contribution in [0.15, 0.2) is 29.3 Å². The third-order valence-corrected chi connectivity index (χ3v) is 4.80. The number of aliphatic imine (C=N–C) groups is 1. The predicted molar refractivity (Wildman–Crippen MR) is 67.6 cm³/mol. The SMILES string of the molecule is CC1=Nc2c(sc3ccccc23)C1(C)C. The molecule has 0 amide bonds. The molecule has 0 unspecified atom stereocenters. The number of hydrogen-bond donors (Lipinski definition) is 0. The van der Waals surface area contributed by atoms with Gasteiger partial charge in [0.05, 0.1) is 5.69 Å². The van der Waals surface area contributed by atoms with Gasteiger partial charge in [0.2, 0.25) is 0 Å². The molecule has 1 nitrogen and oxygen atoms in total. The van der Waals surface area contributed by atoms with Crippen LogP contribution in [0.2, 0.25) is 0 Å². The van der Waals surface area contributed by atoms with Crippen molar-refractivity contribution in [3.05, 3.63) is 29.1 Å². The Bertz CT molecular complexity index is 575. The molecular formula is C13H13NS. The summed E-state index contributed by atoms with van der Waals surface area (Å²) in [5.41, 5.74) is 2.56. The Balaban J connectivity index is 2.42. The van der Waals surface area contributed by atoms with Crippen LogP contribution < -0.4 is 0 Å². The Morgan fingerprint density at radius 3 is 2.73 bits per heavy atom. The second kappa shape index (κ2) is 2.70. The van der Waals surface area contributed by atoms with Gasteiger partial charge in [0.1, 0.15) is 0 Å². The molecule has 1 aromatic carbocycles. The third kappa shape index (κ3) is 1.06. The molecule has 0 saturated carbocycles. The van der Waals surface area contributed by atoms with Gasteiger partial charge in [-0.05, 0) is 26.8 Å². The third-order valence-electron chi connectivity index (χ3n) is 3.32. The predicted octanol–water partition coefficient (Wildman–Crippen LogP) is 4.28. The highest BCUT2D eigenvalue weighted by Gasteiger charge is 2.35. The van der Waals surface area contributed by atoms with Crippen molar-refractivity contribution in [2.45, 2.75) is 26.2 Å². The van der Waals surface area contributed by atoms with E-state index in [-0.39, 0.29) is 5.41 Å². The first-order valence-electron chi connectivity index (χ1n) is 5.18. The molecule has 0 aliphatic carbocycles. The number of nitrogens with zero attached hydrogens (tertiary/aromatic N) is 1. The van der Waals surface area contributed by atoms with Gasteiger partial charge < -0.3 is 0 Å². The summed E-state index contributed by atoms with van der Waals surface area (Å²) < 4.78 is 1.35. The molecule has 0 fully saturated rings. The zero-order valence-electron chi connectivity index (χ0n) is 9.16. The lowest BCUT2D eigenvalue weighted by Crippen LogP contribution is -2.21.